The quantitative estimate of drug-likeness (QED) is 0.0262. The number of rotatable bonds is 49. The Kier molecular flexibility index (Phi) is 49.8. The fraction of sp³-hybridized carbons (Fsp3) is 0.807. The molecule has 6 heteroatoms. The number of hydrogen-bond acceptors (Lipinski definition) is 6. The van der Waals surface area contributed by atoms with Crippen LogP contribution in [-0.2, 0) is 28.6 Å². The second kappa shape index (κ2) is 52.0. The molecule has 0 aliphatic carbocycles. The third kappa shape index (κ3) is 50.2. The van der Waals surface area contributed by atoms with Gasteiger partial charge >= 0.3 is 17.9 Å². The highest BCUT2D eigenvalue weighted by Gasteiger charge is 2.19. The summed E-state index contributed by atoms with van der Waals surface area (Å²) in [5.41, 5.74) is 0. The summed E-state index contributed by atoms with van der Waals surface area (Å²) in [6, 6.07) is 0. The molecule has 0 saturated heterocycles. The van der Waals surface area contributed by atoms with E-state index in [0.717, 1.165) is 89.9 Å². The number of allylic oxidation sites excluding steroid dienone is 8. The van der Waals surface area contributed by atoms with Crippen molar-refractivity contribution < 1.29 is 28.6 Å². The van der Waals surface area contributed by atoms with E-state index in [9.17, 15) is 14.4 Å². The van der Waals surface area contributed by atoms with Gasteiger partial charge in [-0.2, -0.15) is 0 Å². The minimum atomic E-state index is -0.783. The Bertz CT molecular complexity index is 1110. The van der Waals surface area contributed by atoms with Gasteiger partial charge in [-0.05, 0) is 77.0 Å². The van der Waals surface area contributed by atoms with Crippen LogP contribution in [0.5, 0.6) is 0 Å². The smallest absolute Gasteiger partial charge is 0.306 e. The van der Waals surface area contributed by atoms with E-state index in [1.54, 1.807) is 0 Å². The highest BCUT2D eigenvalue weighted by Crippen LogP contribution is 2.16. The van der Waals surface area contributed by atoms with Crippen LogP contribution in [0.25, 0.3) is 0 Å². The average Bonchev–Trinajstić information content (AvgIpc) is 3.28. The second-order valence-corrected chi connectivity index (χ2v) is 18.1. The normalized spacial score (nSPS) is 12.4. The van der Waals surface area contributed by atoms with Gasteiger partial charge < -0.3 is 14.2 Å². The van der Waals surface area contributed by atoms with Crippen LogP contribution in [-0.4, -0.2) is 37.2 Å². The first-order valence-electron chi connectivity index (χ1n) is 27.1. The summed E-state index contributed by atoms with van der Waals surface area (Å²) >= 11 is 0. The Morgan fingerprint density at radius 3 is 0.984 bits per heavy atom. The molecule has 63 heavy (non-hydrogen) atoms. The molecule has 0 spiro atoms. The van der Waals surface area contributed by atoms with Gasteiger partial charge in [-0.3, -0.25) is 14.4 Å². The Balaban J connectivity index is 4.38. The second-order valence-electron chi connectivity index (χ2n) is 18.1. The first kappa shape index (κ1) is 60.4. The third-order valence-electron chi connectivity index (χ3n) is 11.8. The van der Waals surface area contributed by atoms with Crippen molar-refractivity contribution in [2.75, 3.05) is 13.2 Å². The Morgan fingerprint density at radius 2 is 0.619 bits per heavy atom. The van der Waals surface area contributed by atoms with E-state index >= 15 is 0 Å². The largest absolute Gasteiger partial charge is 0.462 e. The van der Waals surface area contributed by atoms with Crippen LogP contribution < -0.4 is 0 Å². The van der Waals surface area contributed by atoms with Gasteiger partial charge in [-0.25, -0.2) is 0 Å². The molecule has 0 heterocycles. The zero-order chi connectivity index (χ0) is 45.8. The summed E-state index contributed by atoms with van der Waals surface area (Å²) in [6.07, 6.45) is 62.4. The van der Waals surface area contributed by atoms with Crippen LogP contribution >= 0.6 is 0 Å². The molecule has 1 atom stereocenters. The standard InChI is InChI=1S/C57H102O6/c1-4-7-10-13-16-19-22-25-28-29-30-33-35-38-41-44-47-50-56(59)62-53-54(63-57(60)51-48-45-42-39-36-32-27-24-21-18-15-12-9-6-3)52-61-55(58)49-46-43-40-37-34-31-26-23-20-17-14-11-8-5-2/h9,12,18,21,25,27-28,32,54H,4-8,10-11,13-17,19-20,22-24,26,29-31,33-53H2,1-3H3/b12-9-,21-18-,28-25-,32-27-. The van der Waals surface area contributed by atoms with Crippen molar-refractivity contribution in [3.05, 3.63) is 48.6 Å². The average molecular weight is 883 g/mol. The predicted molar refractivity (Wildman–Crippen MR) is 270 cm³/mol. The minimum Gasteiger partial charge on any atom is -0.462 e. The molecule has 0 aromatic rings. The first-order chi connectivity index (χ1) is 31.0. The van der Waals surface area contributed by atoms with Crippen LogP contribution in [0.3, 0.4) is 0 Å². The van der Waals surface area contributed by atoms with Gasteiger partial charge in [0, 0.05) is 19.3 Å². The number of carbonyl (C=O) groups excluding carboxylic acids is 3. The van der Waals surface area contributed by atoms with E-state index in [2.05, 4.69) is 69.4 Å². The predicted octanol–water partition coefficient (Wildman–Crippen LogP) is 17.9. The summed E-state index contributed by atoms with van der Waals surface area (Å²) in [5.74, 6) is -0.897. The lowest BCUT2D eigenvalue weighted by molar-refractivity contribution is -0.167. The summed E-state index contributed by atoms with van der Waals surface area (Å²) in [5, 5.41) is 0. The van der Waals surface area contributed by atoms with E-state index in [-0.39, 0.29) is 31.1 Å². The van der Waals surface area contributed by atoms with Crippen LogP contribution in [0.2, 0.25) is 0 Å². The van der Waals surface area contributed by atoms with Crippen LogP contribution in [0, 0.1) is 0 Å². The molecule has 0 amide bonds. The molecular formula is C57H102O6. The Morgan fingerprint density at radius 1 is 0.333 bits per heavy atom. The van der Waals surface area contributed by atoms with Gasteiger partial charge in [0.1, 0.15) is 13.2 Å². The summed E-state index contributed by atoms with van der Waals surface area (Å²) < 4.78 is 16.8. The fourth-order valence-corrected chi connectivity index (χ4v) is 7.75. The van der Waals surface area contributed by atoms with Crippen molar-refractivity contribution in [3.63, 3.8) is 0 Å². The van der Waals surface area contributed by atoms with E-state index < -0.39 is 6.10 Å². The lowest BCUT2D eigenvalue weighted by atomic mass is 10.0. The van der Waals surface area contributed by atoms with Gasteiger partial charge in [0.15, 0.2) is 6.10 Å². The molecular weight excluding hydrogens is 781 g/mol. The third-order valence-corrected chi connectivity index (χ3v) is 11.8. The number of esters is 3. The Labute approximate surface area is 390 Å². The van der Waals surface area contributed by atoms with Gasteiger partial charge in [-0.15, -0.1) is 0 Å². The molecule has 366 valence electrons. The number of carbonyl (C=O) groups is 3. The molecule has 0 bridgehead atoms. The molecule has 0 radical (unpaired) electrons. The molecule has 0 rings (SSSR count). The minimum absolute atomic E-state index is 0.0810. The fourth-order valence-electron chi connectivity index (χ4n) is 7.75. The van der Waals surface area contributed by atoms with Crippen molar-refractivity contribution >= 4 is 17.9 Å². The van der Waals surface area contributed by atoms with Crippen molar-refractivity contribution in [1.29, 1.82) is 0 Å². The molecule has 1 unspecified atom stereocenters. The lowest BCUT2D eigenvalue weighted by Crippen LogP contribution is -2.30. The molecule has 0 saturated carbocycles. The highest BCUT2D eigenvalue weighted by molar-refractivity contribution is 5.71. The van der Waals surface area contributed by atoms with Gasteiger partial charge in [0.05, 0.1) is 0 Å². The van der Waals surface area contributed by atoms with Crippen LogP contribution in [0.15, 0.2) is 48.6 Å². The SMILES string of the molecule is CC/C=C\C/C=C\C/C=C\CCCCCCC(=O)OC(COC(=O)CCCCCCCCC/C=C\CCCCCCCC)COC(=O)CCCCCCCCCCCCCCCC. The zero-order valence-electron chi connectivity index (χ0n) is 41.8. The van der Waals surface area contributed by atoms with E-state index in [4.69, 9.17) is 14.2 Å². The first-order valence-corrected chi connectivity index (χ1v) is 27.1. The van der Waals surface area contributed by atoms with Crippen molar-refractivity contribution in [3.8, 4) is 0 Å². The van der Waals surface area contributed by atoms with E-state index in [0.29, 0.717) is 19.3 Å². The van der Waals surface area contributed by atoms with Gasteiger partial charge in [-0.1, -0.05) is 230 Å². The summed E-state index contributed by atoms with van der Waals surface area (Å²) in [7, 11) is 0. The summed E-state index contributed by atoms with van der Waals surface area (Å²) in [6.45, 7) is 6.52. The van der Waals surface area contributed by atoms with Gasteiger partial charge in [0.25, 0.3) is 0 Å². The monoisotopic (exact) mass is 883 g/mol. The van der Waals surface area contributed by atoms with E-state index in [1.807, 2.05) is 0 Å². The van der Waals surface area contributed by atoms with Crippen molar-refractivity contribution in [1.82, 2.24) is 0 Å². The number of unbranched alkanes of at least 4 members (excludes halogenated alkanes) is 30. The van der Waals surface area contributed by atoms with Gasteiger partial charge in [0.2, 0.25) is 0 Å². The van der Waals surface area contributed by atoms with Crippen LogP contribution in [0.4, 0.5) is 0 Å². The van der Waals surface area contributed by atoms with Crippen LogP contribution in [0.1, 0.15) is 278 Å². The molecule has 0 fully saturated rings. The lowest BCUT2D eigenvalue weighted by Gasteiger charge is -2.18. The number of hydrogen-bond donors (Lipinski definition) is 0. The highest BCUT2D eigenvalue weighted by atomic mass is 16.6. The molecule has 0 aliphatic heterocycles. The van der Waals surface area contributed by atoms with Crippen molar-refractivity contribution in [2.24, 2.45) is 0 Å². The summed E-state index contributed by atoms with van der Waals surface area (Å²) in [4.78, 5) is 38.0. The topological polar surface area (TPSA) is 78.9 Å². The molecule has 0 aromatic heterocycles. The molecule has 6 nitrogen and oxygen atoms in total. The molecule has 0 aromatic carbocycles. The maximum absolute atomic E-state index is 12.8. The van der Waals surface area contributed by atoms with Crippen molar-refractivity contribution in [2.45, 2.75) is 284 Å². The maximum Gasteiger partial charge on any atom is 0.306 e. The van der Waals surface area contributed by atoms with E-state index in [1.165, 1.54) is 148 Å². The number of ether oxygens (including phenoxy) is 3. The zero-order valence-corrected chi connectivity index (χ0v) is 41.8. The Hall–Kier alpha value is -2.63. The maximum atomic E-state index is 12.8. The molecule has 0 aliphatic rings. The molecule has 0 N–H and O–H groups in total.